The summed E-state index contributed by atoms with van der Waals surface area (Å²) in [6, 6.07) is 8.74. The highest BCUT2D eigenvalue weighted by Crippen LogP contribution is 2.22. The van der Waals surface area contributed by atoms with Gasteiger partial charge in [0.2, 0.25) is 5.91 Å². The first-order valence-corrected chi connectivity index (χ1v) is 9.57. The van der Waals surface area contributed by atoms with Crippen molar-refractivity contribution in [3.05, 3.63) is 29.8 Å². The average Bonchev–Trinajstić information content (AvgIpc) is 2.61. The van der Waals surface area contributed by atoms with E-state index >= 15 is 0 Å². The van der Waals surface area contributed by atoms with Crippen LogP contribution in [-0.2, 0) is 11.3 Å². The number of piperidine rings is 1. The molecule has 24 heavy (non-hydrogen) atoms. The molecule has 1 aliphatic carbocycles. The molecule has 5 heteroatoms. The van der Waals surface area contributed by atoms with Gasteiger partial charge in [0.1, 0.15) is 0 Å². The number of benzene rings is 1. The average molecular weight is 346 g/mol. The Balaban J connectivity index is 1.52. The molecule has 0 atom stereocenters. The standard InChI is InChI=1S/C19H27N3OS/c23-18-11-4-5-12-22(18)17-10-6-7-15(13-17)14-20-19(24)21-16-8-2-1-3-9-16/h6-7,10,13,16H,1-5,8-9,11-12,14H2,(H2,20,21,24). The van der Waals surface area contributed by atoms with Crippen LogP contribution in [0.1, 0.15) is 56.9 Å². The van der Waals surface area contributed by atoms with Crippen molar-refractivity contribution in [1.29, 1.82) is 0 Å². The molecular weight excluding hydrogens is 318 g/mol. The maximum Gasteiger partial charge on any atom is 0.226 e. The Morgan fingerprint density at radius 1 is 1.17 bits per heavy atom. The maximum atomic E-state index is 12.1. The number of hydrogen-bond acceptors (Lipinski definition) is 2. The number of nitrogens with one attached hydrogen (secondary N) is 2. The quantitative estimate of drug-likeness (QED) is 0.820. The molecule has 1 aliphatic heterocycles. The minimum absolute atomic E-state index is 0.237. The normalized spacial score (nSPS) is 19.2. The summed E-state index contributed by atoms with van der Waals surface area (Å²) in [6.07, 6.45) is 9.14. The Morgan fingerprint density at radius 3 is 2.79 bits per heavy atom. The largest absolute Gasteiger partial charge is 0.360 e. The second kappa shape index (κ2) is 8.47. The van der Waals surface area contributed by atoms with Crippen molar-refractivity contribution in [3.8, 4) is 0 Å². The van der Waals surface area contributed by atoms with E-state index < -0.39 is 0 Å². The van der Waals surface area contributed by atoms with Crippen LogP contribution in [0.2, 0.25) is 0 Å². The number of nitrogens with zero attached hydrogens (tertiary/aromatic N) is 1. The van der Waals surface area contributed by atoms with E-state index in [1.165, 1.54) is 32.1 Å². The van der Waals surface area contributed by atoms with Crippen molar-refractivity contribution in [2.24, 2.45) is 0 Å². The monoisotopic (exact) mass is 345 g/mol. The fourth-order valence-electron chi connectivity index (χ4n) is 3.58. The van der Waals surface area contributed by atoms with Gasteiger partial charge in [-0.3, -0.25) is 4.79 Å². The highest BCUT2D eigenvalue weighted by molar-refractivity contribution is 7.80. The maximum absolute atomic E-state index is 12.1. The van der Waals surface area contributed by atoms with Gasteiger partial charge in [0.25, 0.3) is 0 Å². The van der Waals surface area contributed by atoms with Crippen LogP contribution in [-0.4, -0.2) is 23.6 Å². The van der Waals surface area contributed by atoms with Gasteiger partial charge < -0.3 is 15.5 Å². The molecule has 1 aromatic rings. The zero-order valence-corrected chi connectivity index (χ0v) is 15.0. The van der Waals surface area contributed by atoms with Crippen LogP contribution >= 0.6 is 12.2 Å². The lowest BCUT2D eigenvalue weighted by Gasteiger charge is -2.27. The van der Waals surface area contributed by atoms with Crippen molar-refractivity contribution >= 4 is 28.9 Å². The fraction of sp³-hybridized carbons (Fsp3) is 0.579. The molecule has 2 fully saturated rings. The molecule has 0 unspecified atom stereocenters. The summed E-state index contributed by atoms with van der Waals surface area (Å²) in [4.78, 5) is 14.0. The van der Waals surface area contributed by atoms with Gasteiger partial charge in [0.15, 0.2) is 5.11 Å². The third-order valence-corrected chi connectivity index (χ3v) is 5.20. The van der Waals surface area contributed by atoms with Crippen molar-refractivity contribution in [2.75, 3.05) is 11.4 Å². The van der Waals surface area contributed by atoms with Gasteiger partial charge >= 0.3 is 0 Å². The topological polar surface area (TPSA) is 44.4 Å². The van der Waals surface area contributed by atoms with Crippen LogP contribution in [0.4, 0.5) is 5.69 Å². The number of amides is 1. The summed E-state index contributed by atoms with van der Waals surface area (Å²) in [7, 11) is 0. The first kappa shape index (κ1) is 17.2. The Kier molecular flexibility index (Phi) is 6.07. The molecule has 2 aliphatic rings. The molecule has 0 radical (unpaired) electrons. The fourth-order valence-corrected chi connectivity index (χ4v) is 3.82. The molecule has 3 rings (SSSR count). The van der Waals surface area contributed by atoms with E-state index in [0.29, 0.717) is 19.0 Å². The highest BCUT2D eigenvalue weighted by atomic mass is 32.1. The number of hydrogen-bond donors (Lipinski definition) is 2. The van der Waals surface area contributed by atoms with Crippen LogP contribution < -0.4 is 15.5 Å². The van der Waals surface area contributed by atoms with E-state index in [-0.39, 0.29) is 5.91 Å². The molecule has 2 N–H and O–H groups in total. The minimum Gasteiger partial charge on any atom is -0.360 e. The van der Waals surface area contributed by atoms with Gasteiger partial charge in [-0.25, -0.2) is 0 Å². The molecule has 1 saturated heterocycles. The Labute approximate surface area is 150 Å². The van der Waals surface area contributed by atoms with Crippen molar-refractivity contribution in [2.45, 2.75) is 64.0 Å². The SMILES string of the molecule is O=C1CCCCN1c1cccc(CNC(=S)NC2CCCCC2)c1. The molecule has 4 nitrogen and oxygen atoms in total. The van der Waals surface area contributed by atoms with Crippen LogP contribution in [0, 0.1) is 0 Å². The molecule has 0 aromatic heterocycles. The summed E-state index contributed by atoms with van der Waals surface area (Å²) in [5, 5.41) is 7.47. The predicted octanol–water partition coefficient (Wildman–Crippen LogP) is 3.50. The zero-order chi connectivity index (χ0) is 16.8. The van der Waals surface area contributed by atoms with Gasteiger partial charge in [0.05, 0.1) is 0 Å². The van der Waals surface area contributed by atoms with Crippen LogP contribution in [0.3, 0.4) is 0 Å². The smallest absolute Gasteiger partial charge is 0.226 e. The lowest BCUT2D eigenvalue weighted by atomic mass is 9.96. The predicted molar refractivity (Wildman–Crippen MR) is 102 cm³/mol. The number of rotatable bonds is 4. The van der Waals surface area contributed by atoms with E-state index in [9.17, 15) is 4.79 Å². The van der Waals surface area contributed by atoms with Crippen molar-refractivity contribution in [1.82, 2.24) is 10.6 Å². The molecule has 1 amide bonds. The minimum atomic E-state index is 0.237. The number of thiocarbonyl (C=S) groups is 1. The second-order valence-corrected chi connectivity index (χ2v) is 7.24. The van der Waals surface area contributed by atoms with Gasteiger partial charge in [0, 0.05) is 31.2 Å². The highest BCUT2D eigenvalue weighted by Gasteiger charge is 2.19. The summed E-state index contributed by atoms with van der Waals surface area (Å²) < 4.78 is 0. The van der Waals surface area contributed by atoms with Crippen LogP contribution in [0.5, 0.6) is 0 Å². The third-order valence-electron chi connectivity index (χ3n) is 4.94. The zero-order valence-electron chi connectivity index (χ0n) is 14.2. The van der Waals surface area contributed by atoms with E-state index in [4.69, 9.17) is 12.2 Å². The van der Waals surface area contributed by atoms with Gasteiger partial charge in [-0.1, -0.05) is 31.4 Å². The third kappa shape index (κ3) is 4.69. The molecular formula is C19H27N3OS. The van der Waals surface area contributed by atoms with Crippen molar-refractivity contribution in [3.63, 3.8) is 0 Å². The Hall–Kier alpha value is -1.62. The summed E-state index contributed by atoms with van der Waals surface area (Å²) in [6.45, 7) is 1.52. The molecule has 1 aromatic carbocycles. The van der Waals surface area contributed by atoms with E-state index in [1.807, 2.05) is 17.0 Å². The molecule has 0 bridgehead atoms. The summed E-state index contributed by atoms with van der Waals surface area (Å²) in [5.41, 5.74) is 2.16. The Bertz CT molecular complexity index is 584. The first-order chi connectivity index (χ1) is 11.7. The lowest BCUT2D eigenvalue weighted by Crippen LogP contribution is -2.42. The molecule has 130 valence electrons. The molecule has 1 saturated carbocycles. The molecule has 0 spiro atoms. The second-order valence-electron chi connectivity index (χ2n) is 6.83. The number of anilines is 1. The molecule has 1 heterocycles. The van der Waals surface area contributed by atoms with Crippen LogP contribution in [0.15, 0.2) is 24.3 Å². The summed E-state index contributed by atoms with van der Waals surface area (Å²) in [5.74, 6) is 0.237. The van der Waals surface area contributed by atoms with E-state index in [1.54, 1.807) is 0 Å². The van der Waals surface area contributed by atoms with Gasteiger partial charge in [-0.2, -0.15) is 0 Å². The lowest BCUT2D eigenvalue weighted by molar-refractivity contribution is -0.119. The van der Waals surface area contributed by atoms with Gasteiger partial charge in [-0.05, 0) is 55.6 Å². The summed E-state index contributed by atoms with van der Waals surface area (Å²) >= 11 is 5.42. The first-order valence-electron chi connectivity index (χ1n) is 9.16. The van der Waals surface area contributed by atoms with E-state index in [2.05, 4.69) is 22.8 Å². The van der Waals surface area contributed by atoms with Crippen molar-refractivity contribution < 1.29 is 4.79 Å². The number of carbonyl (C=O) groups is 1. The number of carbonyl (C=O) groups excluding carboxylic acids is 1. The Morgan fingerprint density at radius 2 is 2.00 bits per heavy atom. The van der Waals surface area contributed by atoms with E-state index in [0.717, 1.165) is 35.7 Å². The van der Waals surface area contributed by atoms with Crippen LogP contribution in [0.25, 0.3) is 0 Å². The van der Waals surface area contributed by atoms with Gasteiger partial charge in [-0.15, -0.1) is 0 Å².